The predicted octanol–water partition coefficient (Wildman–Crippen LogP) is 5.04. The summed E-state index contributed by atoms with van der Waals surface area (Å²) < 4.78 is 5.66. The number of hydrogen-bond acceptors (Lipinski definition) is 6. The molecule has 0 atom stereocenters. The number of hydrogen-bond donors (Lipinski definition) is 1. The summed E-state index contributed by atoms with van der Waals surface area (Å²) in [5, 5.41) is 16.6. The quantitative estimate of drug-likeness (QED) is 0.145. The van der Waals surface area contributed by atoms with Gasteiger partial charge in [0, 0.05) is 23.3 Å². The van der Waals surface area contributed by atoms with Crippen molar-refractivity contribution in [1.29, 1.82) is 0 Å². The molecule has 4 aromatic carbocycles. The molecule has 34 heavy (non-hydrogen) atoms. The van der Waals surface area contributed by atoms with Crippen molar-refractivity contribution in [2.45, 2.75) is 6.92 Å². The zero-order valence-corrected chi connectivity index (χ0v) is 18.1. The van der Waals surface area contributed by atoms with E-state index in [1.54, 1.807) is 24.3 Å². The number of nitro groups is 1. The highest BCUT2D eigenvalue weighted by atomic mass is 16.6. The van der Waals surface area contributed by atoms with E-state index in [-0.39, 0.29) is 17.0 Å². The molecular formula is C26H19N3O5. The van der Waals surface area contributed by atoms with Crippen LogP contribution in [0.15, 0.2) is 90.0 Å². The SMILES string of the molecule is Cc1cccc(C(=O)Oc2ccc3ccccc3c2C=NNC(=O)c2cccc([N+](=O)[O-])c2)c1. The van der Waals surface area contributed by atoms with Gasteiger partial charge in [0.25, 0.3) is 11.6 Å². The van der Waals surface area contributed by atoms with Gasteiger partial charge in [0.15, 0.2) is 0 Å². The third kappa shape index (κ3) is 4.97. The van der Waals surface area contributed by atoms with Crippen molar-refractivity contribution in [1.82, 2.24) is 5.43 Å². The van der Waals surface area contributed by atoms with Crippen LogP contribution in [-0.2, 0) is 0 Å². The Labute approximate surface area is 194 Å². The number of carbonyl (C=O) groups is 2. The molecule has 8 nitrogen and oxygen atoms in total. The molecule has 0 aromatic heterocycles. The third-order valence-electron chi connectivity index (χ3n) is 5.07. The summed E-state index contributed by atoms with van der Waals surface area (Å²) in [7, 11) is 0. The van der Waals surface area contributed by atoms with E-state index in [4.69, 9.17) is 4.74 Å². The Hall–Kier alpha value is -4.85. The number of carbonyl (C=O) groups excluding carboxylic acids is 2. The minimum absolute atomic E-state index is 0.0929. The molecule has 1 N–H and O–H groups in total. The monoisotopic (exact) mass is 453 g/mol. The maximum absolute atomic E-state index is 12.7. The van der Waals surface area contributed by atoms with Gasteiger partial charge in [-0.05, 0) is 42.0 Å². The first-order chi connectivity index (χ1) is 16.4. The number of ether oxygens (including phenoxy) is 1. The van der Waals surface area contributed by atoms with Gasteiger partial charge < -0.3 is 4.74 Å². The molecule has 0 aliphatic heterocycles. The minimum Gasteiger partial charge on any atom is -0.422 e. The fourth-order valence-electron chi connectivity index (χ4n) is 3.41. The van der Waals surface area contributed by atoms with Gasteiger partial charge in [0.1, 0.15) is 5.75 Å². The number of hydrazone groups is 1. The highest BCUT2D eigenvalue weighted by molar-refractivity contribution is 6.04. The molecule has 0 bridgehead atoms. The smallest absolute Gasteiger partial charge is 0.343 e. The topological polar surface area (TPSA) is 111 Å². The highest BCUT2D eigenvalue weighted by Crippen LogP contribution is 2.27. The first-order valence-corrected chi connectivity index (χ1v) is 10.3. The van der Waals surface area contributed by atoms with Crippen LogP contribution in [0.1, 0.15) is 31.8 Å². The van der Waals surface area contributed by atoms with E-state index in [2.05, 4.69) is 10.5 Å². The summed E-state index contributed by atoms with van der Waals surface area (Å²) in [5.74, 6) is -0.855. The molecular weight excluding hydrogens is 434 g/mol. The van der Waals surface area contributed by atoms with E-state index in [1.807, 2.05) is 43.3 Å². The summed E-state index contributed by atoms with van der Waals surface area (Å²) in [6.07, 6.45) is 1.39. The lowest BCUT2D eigenvalue weighted by Gasteiger charge is -2.11. The van der Waals surface area contributed by atoms with Gasteiger partial charge in [-0.25, -0.2) is 10.2 Å². The molecule has 0 aliphatic carbocycles. The van der Waals surface area contributed by atoms with Crippen LogP contribution in [0.2, 0.25) is 0 Å². The number of aryl methyl sites for hydroxylation is 1. The first kappa shape index (κ1) is 22.3. The highest BCUT2D eigenvalue weighted by Gasteiger charge is 2.14. The second-order valence-corrected chi connectivity index (χ2v) is 7.46. The van der Waals surface area contributed by atoms with Crippen molar-refractivity contribution in [3.63, 3.8) is 0 Å². The van der Waals surface area contributed by atoms with Crippen LogP contribution in [0.25, 0.3) is 10.8 Å². The number of fused-ring (bicyclic) bond motifs is 1. The second-order valence-electron chi connectivity index (χ2n) is 7.46. The van der Waals surface area contributed by atoms with E-state index in [0.29, 0.717) is 11.1 Å². The molecule has 8 heteroatoms. The van der Waals surface area contributed by atoms with Gasteiger partial charge in [-0.3, -0.25) is 14.9 Å². The Kier molecular flexibility index (Phi) is 6.40. The number of rotatable bonds is 6. The summed E-state index contributed by atoms with van der Waals surface area (Å²) in [5.41, 5.74) is 4.10. The lowest BCUT2D eigenvalue weighted by molar-refractivity contribution is -0.384. The van der Waals surface area contributed by atoms with Crippen molar-refractivity contribution < 1.29 is 19.2 Å². The van der Waals surface area contributed by atoms with Crippen molar-refractivity contribution in [3.8, 4) is 5.75 Å². The zero-order chi connectivity index (χ0) is 24.1. The Morgan fingerprint density at radius 2 is 1.71 bits per heavy atom. The molecule has 168 valence electrons. The summed E-state index contributed by atoms with van der Waals surface area (Å²) >= 11 is 0. The van der Waals surface area contributed by atoms with Crippen molar-refractivity contribution >= 4 is 34.6 Å². The van der Waals surface area contributed by atoms with E-state index < -0.39 is 16.8 Å². The van der Waals surface area contributed by atoms with Crippen LogP contribution in [0.3, 0.4) is 0 Å². The van der Waals surface area contributed by atoms with E-state index in [0.717, 1.165) is 22.4 Å². The Balaban J connectivity index is 1.62. The third-order valence-corrected chi connectivity index (χ3v) is 5.07. The molecule has 0 fully saturated rings. The molecule has 0 radical (unpaired) electrons. The lowest BCUT2D eigenvalue weighted by Crippen LogP contribution is -2.18. The van der Waals surface area contributed by atoms with E-state index >= 15 is 0 Å². The van der Waals surface area contributed by atoms with Crippen LogP contribution in [0.4, 0.5) is 5.69 Å². The standard InChI is InChI=1S/C26H19N3O5/c1-17-6-4-9-20(14-17)26(31)34-24-13-12-18-7-2-3-11-22(18)23(24)16-27-28-25(30)19-8-5-10-21(15-19)29(32)33/h2-16H,1H3,(H,28,30). The molecule has 4 aromatic rings. The van der Waals surface area contributed by atoms with Gasteiger partial charge in [0.2, 0.25) is 0 Å². The molecule has 1 amide bonds. The zero-order valence-electron chi connectivity index (χ0n) is 18.1. The summed E-state index contributed by atoms with van der Waals surface area (Å²) in [6.45, 7) is 1.88. The molecule has 0 saturated heterocycles. The fourth-order valence-corrected chi connectivity index (χ4v) is 3.41. The van der Waals surface area contributed by atoms with E-state index in [9.17, 15) is 19.7 Å². The normalized spacial score (nSPS) is 10.9. The van der Waals surface area contributed by atoms with Crippen molar-refractivity contribution in [2.75, 3.05) is 0 Å². The molecule has 0 aliphatic rings. The van der Waals surface area contributed by atoms with Crippen molar-refractivity contribution in [2.24, 2.45) is 5.10 Å². The van der Waals surface area contributed by atoms with E-state index in [1.165, 1.54) is 24.4 Å². The van der Waals surface area contributed by atoms with Gasteiger partial charge in [-0.15, -0.1) is 0 Å². The molecule has 0 saturated carbocycles. The van der Waals surface area contributed by atoms with Crippen LogP contribution >= 0.6 is 0 Å². The molecule has 0 spiro atoms. The summed E-state index contributed by atoms with van der Waals surface area (Å²) in [4.78, 5) is 35.5. The molecule has 4 rings (SSSR count). The maximum Gasteiger partial charge on any atom is 0.343 e. The molecule has 0 heterocycles. The van der Waals surface area contributed by atoms with Crippen LogP contribution in [-0.4, -0.2) is 23.0 Å². The average Bonchev–Trinajstić information content (AvgIpc) is 2.85. The second kappa shape index (κ2) is 9.74. The maximum atomic E-state index is 12.7. The Morgan fingerprint density at radius 1 is 0.941 bits per heavy atom. The van der Waals surface area contributed by atoms with Gasteiger partial charge >= 0.3 is 5.97 Å². The van der Waals surface area contributed by atoms with Crippen LogP contribution in [0.5, 0.6) is 5.75 Å². The van der Waals surface area contributed by atoms with Gasteiger partial charge in [-0.1, -0.05) is 54.1 Å². The number of benzene rings is 4. The van der Waals surface area contributed by atoms with Crippen LogP contribution in [0, 0.1) is 17.0 Å². The average molecular weight is 453 g/mol. The Bertz CT molecular complexity index is 1450. The number of amides is 1. The Morgan fingerprint density at radius 3 is 2.50 bits per heavy atom. The fraction of sp³-hybridized carbons (Fsp3) is 0.0385. The van der Waals surface area contributed by atoms with Crippen LogP contribution < -0.4 is 10.2 Å². The largest absolute Gasteiger partial charge is 0.422 e. The molecule has 0 unspecified atom stereocenters. The number of nitro benzene ring substituents is 1. The van der Waals surface area contributed by atoms with Gasteiger partial charge in [-0.2, -0.15) is 5.10 Å². The van der Waals surface area contributed by atoms with Crippen molar-refractivity contribution in [3.05, 3.63) is 117 Å². The number of nitrogens with one attached hydrogen (secondary N) is 1. The predicted molar refractivity (Wildman–Crippen MR) is 128 cm³/mol. The van der Waals surface area contributed by atoms with Gasteiger partial charge in [0.05, 0.1) is 16.7 Å². The number of non-ortho nitro benzene ring substituents is 1. The number of esters is 1. The number of nitrogens with zero attached hydrogens (tertiary/aromatic N) is 2. The summed E-state index contributed by atoms with van der Waals surface area (Å²) in [6, 6.07) is 23.4. The first-order valence-electron chi connectivity index (χ1n) is 10.3. The lowest BCUT2D eigenvalue weighted by atomic mass is 10.0. The minimum atomic E-state index is -0.613.